The Morgan fingerprint density at radius 3 is 2.38 bits per heavy atom. The van der Waals surface area contributed by atoms with Gasteiger partial charge in [0, 0.05) is 45.8 Å². The highest BCUT2D eigenvalue weighted by Gasteiger charge is 2.27. The van der Waals surface area contributed by atoms with Crippen molar-refractivity contribution in [1.29, 1.82) is 0 Å². The molecular formula is C17H31ClF3N3O2. The first-order valence-corrected chi connectivity index (χ1v) is 9.29. The second-order valence-corrected chi connectivity index (χ2v) is 6.98. The van der Waals surface area contributed by atoms with Crippen LogP contribution in [0.4, 0.5) is 13.2 Å². The molecule has 0 spiro atoms. The van der Waals surface area contributed by atoms with Gasteiger partial charge in [0.05, 0.1) is 0 Å². The lowest BCUT2D eigenvalue weighted by molar-refractivity contribution is -0.174. The molecule has 0 aliphatic carbocycles. The summed E-state index contributed by atoms with van der Waals surface area (Å²) in [5.74, 6) is 0.912. The van der Waals surface area contributed by atoms with Crippen molar-refractivity contribution in [3.05, 3.63) is 0 Å². The van der Waals surface area contributed by atoms with Crippen LogP contribution in [0, 0.1) is 5.92 Å². The van der Waals surface area contributed by atoms with Crippen molar-refractivity contribution in [3.8, 4) is 0 Å². The fourth-order valence-corrected chi connectivity index (χ4v) is 3.46. The summed E-state index contributed by atoms with van der Waals surface area (Å²) in [6.45, 7) is 4.80. The van der Waals surface area contributed by atoms with Crippen LogP contribution >= 0.6 is 12.4 Å². The summed E-state index contributed by atoms with van der Waals surface area (Å²) in [6, 6.07) is 0. The molecule has 1 N–H and O–H groups in total. The predicted molar refractivity (Wildman–Crippen MR) is 96.6 cm³/mol. The van der Waals surface area contributed by atoms with Gasteiger partial charge < -0.3 is 15.0 Å². The van der Waals surface area contributed by atoms with E-state index in [1.165, 1.54) is 0 Å². The van der Waals surface area contributed by atoms with Crippen molar-refractivity contribution in [3.63, 3.8) is 0 Å². The molecule has 0 unspecified atom stereocenters. The smallest absolute Gasteiger partial charge is 0.372 e. The van der Waals surface area contributed by atoms with Crippen LogP contribution < -0.4 is 5.32 Å². The highest BCUT2D eigenvalue weighted by molar-refractivity contribution is 5.85. The SMILES string of the molecule is Cl.O=C(CCC1CCNCC1)N1CCN(CCCOCC(F)(F)F)CC1. The molecule has 0 radical (unpaired) electrons. The Labute approximate surface area is 160 Å². The van der Waals surface area contributed by atoms with E-state index in [9.17, 15) is 18.0 Å². The number of piperazine rings is 1. The van der Waals surface area contributed by atoms with Crippen molar-refractivity contribution in [2.75, 3.05) is 59.0 Å². The predicted octanol–water partition coefficient (Wildman–Crippen LogP) is 2.30. The molecule has 2 heterocycles. The number of halogens is 4. The van der Waals surface area contributed by atoms with E-state index in [1.807, 2.05) is 4.90 Å². The van der Waals surface area contributed by atoms with Crippen LogP contribution in [0.2, 0.25) is 0 Å². The largest absolute Gasteiger partial charge is 0.411 e. The molecule has 0 atom stereocenters. The van der Waals surface area contributed by atoms with Crippen molar-refractivity contribution in [2.24, 2.45) is 5.92 Å². The minimum absolute atomic E-state index is 0. The lowest BCUT2D eigenvalue weighted by atomic mass is 9.93. The monoisotopic (exact) mass is 401 g/mol. The van der Waals surface area contributed by atoms with Gasteiger partial charge in [0.2, 0.25) is 5.91 Å². The van der Waals surface area contributed by atoms with Gasteiger partial charge >= 0.3 is 6.18 Å². The minimum Gasteiger partial charge on any atom is -0.372 e. The number of alkyl halides is 3. The maximum atomic E-state index is 12.3. The van der Waals surface area contributed by atoms with Gasteiger partial charge in [-0.15, -0.1) is 12.4 Å². The molecule has 0 aromatic carbocycles. The third-order valence-electron chi connectivity index (χ3n) is 4.98. The van der Waals surface area contributed by atoms with E-state index in [1.54, 1.807) is 0 Å². The van der Waals surface area contributed by atoms with Gasteiger partial charge in [-0.1, -0.05) is 0 Å². The Bertz CT molecular complexity index is 399. The van der Waals surface area contributed by atoms with Crippen LogP contribution in [-0.4, -0.2) is 80.9 Å². The molecule has 0 aromatic heterocycles. The van der Waals surface area contributed by atoms with Gasteiger partial charge in [0.15, 0.2) is 0 Å². The third kappa shape index (κ3) is 9.39. The molecule has 5 nitrogen and oxygen atoms in total. The normalized spacial score (nSPS) is 20.0. The number of carbonyl (C=O) groups is 1. The Morgan fingerprint density at radius 2 is 1.77 bits per heavy atom. The van der Waals surface area contributed by atoms with E-state index >= 15 is 0 Å². The molecule has 2 aliphatic heterocycles. The van der Waals surface area contributed by atoms with Crippen LogP contribution in [0.25, 0.3) is 0 Å². The first-order valence-electron chi connectivity index (χ1n) is 9.29. The molecule has 1 amide bonds. The fourth-order valence-electron chi connectivity index (χ4n) is 3.46. The Hall–Kier alpha value is -0.570. The van der Waals surface area contributed by atoms with Crippen LogP contribution in [0.1, 0.15) is 32.1 Å². The molecule has 2 saturated heterocycles. The van der Waals surface area contributed by atoms with E-state index < -0.39 is 12.8 Å². The molecule has 2 aliphatic rings. The van der Waals surface area contributed by atoms with Crippen LogP contribution in [-0.2, 0) is 9.53 Å². The molecule has 9 heteroatoms. The highest BCUT2D eigenvalue weighted by atomic mass is 35.5. The zero-order valence-corrected chi connectivity index (χ0v) is 16.0. The van der Waals surface area contributed by atoms with Crippen molar-refractivity contribution < 1.29 is 22.7 Å². The Kier molecular flexibility index (Phi) is 10.8. The van der Waals surface area contributed by atoms with Crippen molar-refractivity contribution in [1.82, 2.24) is 15.1 Å². The second kappa shape index (κ2) is 12.0. The number of piperidine rings is 1. The van der Waals surface area contributed by atoms with E-state index in [0.29, 0.717) is 31.8 Å². The highest BCUT2D eigenvalue weighted by Crippen LogP contribution is 2.19. The number of rotatable bonds is 8. The Morgan fingerprint density at radius 1 is 1.12 bits per heavy atom. The standard InChI is InChI=1S/C17H30F3N3O2.ClH/c18-17(19,20)14-25-13-1-8-22-9-11-23(12-10-22)16(24)3-2-15-4-6-21-7-5-15;/h15,21H,1-14H2;1H. The first kappa shape index (κ1) is 23.5. The number of carbonyl (C=O) groups excluding carboxylic acids is 1. The molecular weight excluding hydrogens is 371 g/mol. The molecule has 2 fully saturated rings. The number of nitrogens with zero attached hydrogens (tertiary/aromatic N) is 2. The summed E-state index contributed by atoms with van der Waals surface area (Å²) < 4.78 is 40.5. The van der Waals surface area contributed by atoms with Crippen molar-refractivity contribution in [2.45, 2.75) is 38.3 Å². The lowest BCUT2D eigenvalue weighted by Gasteiger charge is -2.35. The Balaban J connectivity index is 0.00000338. The van der Waals surface area contributed by atoms with Crippen molar-refractivity contribution >= 4 is 18.3 Å². The van der Waals surface area contributed by atoms with Gasteiger partial charge in [-0.05, 0) is 44.7 Å². The molecule has 26 heavy (non-hydrogen) atoms. The summed E-state index contributed by atoms with van der Waals surface area (Å²) in [4.78, 5) is 16.4. The molecule has 154 valence electrons. The summed E-state index contributed by atoms with van der Waals surface area (Å²) in [7, 11) is 0. The quantitative estimate of drug-likeness (QED) is 0.634. The lowest BCUT2D eigenvalue weighted by Crippen LogP contribution is -2.49. The minimum atomic E-state index is -4.25. The molecule has 0 aromatic rings. The van der Waals surface area contributed by atoms with Gasteiger partial charge in [0.25, 0.3) is 0 Å². The van der Waals surface area contributed by atoms with Gasteiger partial charge in [-0.25, -0.2) is 0 Å². The van der Waals surface area contributed by atoms with E-state index in [4.69, 9.17) is 0 Å². The maximum Gasteiger partial charge on any atom is 0.411 e. The van der Waals surface area contributed by atoms with E-state index in [2.05, 4.69) is 15.0 Å². The molecule has 2 rings (SSSR count). The summed E-state index contributed by atoms with van der Waals surface area (Å²) in [6.07, 6.45) is 0.280. The van der Waals surface area contributed by atoms with Crippen LogP contribution in [0.5, 0.6) is 0 Å². The molecule has 0 bridgehead atoms. The number of hydrogen-bond acceptors (Lipinski definition) is 4. The van der Waals surface area contributed by atoms with Gasteiger partial charge in [-0.2, -0.15) is 13.2 Å². The number of amides is 1. The second-order valence-electron chi connectivity index (χ2n) is 6.98. The zero-order chi connectivity index (χ0) is 18.1. The third-order valence-corrected chi connectivity index (χ3v) is 4.98. The summed E-state index contributed by atoms with van der Waals surface area (Å²) in [5.41, 5.74) is 0. The zero-order valence-electron chi connectivity index (χ0n) is 15.2. The number of nitrogens with one attached hydrogen (secondary N) is 1. The number of hydrogen-bond donors (Lipinski definition) is 1. The van der Waals surface area contributed by atoms with Gasteiger partial charge in [0.1, 0.15) is 6.61 Å². The van der Waals surface area contributed by atoms with Crippen LogP contribution in [0.15, 0.2) is 0 Å². The molecule has 0 saturated carbocycles. The van der Waals surface area contributed by atoms with Gasteiger partial charge in [-0.3, -0.25) is 9.69 Å². The number of ether oxygens (including phenoxy) is 1. The average molecular weight is 402 g/mol. The topological polar surface area (TPSA) is 44.8 Å². The van der Waals surface area contributed by atoms with E-state index in [-0.39, 0.29) is 24.9 Å². The summed E-state index contributed by atoms with van der Waals surface area (Å²) in [5, 5.41) is 3.34. The first-order chi connectivity index (χ1) is 11.9. The maximum absolute atomic E-state index is 12.3. The summed E-state index contributed by atoms with van der Waals surface area (Å²) >= 11 is 0. The fraction of sp³-hybridized carbons (Fsp3) is 0.941. The van der Waals surface area contributed by atoms with Crippen LogP contribution in [0.3, 0.4) is 0 Å². The average Bonchev–Trinajstić information content (AvgIpc) is 2.60. The van der Waals surface area contributed by atoms with E-state index in [0.717, 1.165) is 52.0 Å².